The Hall–Kier alpha value is -4.04. The van der Waals surface area contributed by atoms with Gasteiger partial charge in [-0.25, -0.2) is 0 Å². The van der Waals surface area contributed by atoms with Crippen LogP contribution < -0.4 is 0 Å². The summed E-state index contributed by atoms with van der Waals surface area (Å²) in [5, 5.41) is 4.74. The summed E-state index contributed by atoms with van der Waals surface area (Å²) in [7, 11) is 0. The van der Waals surface area contributed by atoms with Crippen molar-refractivity contribution >= 4 is 39.4 Å². The molecule has 6 rings (SSSR count). The van der Waals surface area contributed by atoms with E-state index >= 15 is 0 Å². The molecule has 1 aliphatic heterocycles. The first-order valence-electron chi connectivity index (χ1n) is 13.0. The number of rotatable bonds is 3. The van der Waals surface area contributed by atoms with Crippen LogP contribution in [0.3, 0.4) is 0 Å². The lowest BCUT2D eigenvalue weighted by Gasteiger charge is -2.32. The van der Waals surface area contributed by atoms with Crippen molar-refractivity contribution in [1.29, 1.82) is 0 Å². The summed E-state index contributed by atoms with van der Waals surface area (Å²) in [5.74, 6) is 0. The van der Waals surface area contributed by atoms with Gasteiger partial charge in [-0.1, -0.05) is 101 Å². The van der Waals surface area contributed by atoms with Crippen LogP contribution in [0.2, 0.25) is 0 Å². The number of furan rings is 1. The highest BCUT2D eigenvalue weighted by atomic mass is 16.3. The third-order valence-electron chi connectivity index (χ3n) is 7.41. The summed E-state index contributed by atoms with van der Waals surface area (Å²) in [4.78, 5) is 0. The Morgan fingerprint density at radius 2 is 1.54 bits per heavy atom. The second-order valence-electron chi connectivity index (χ2n) is 11.5. The third kappa shape index (κ3) is 3.97. The Morgan fingerprint density at radius 1 is 0.838 bits per heavy atom. The molecule has 0 unspecified atom stereocenters. The lowest BCUT2D eigenvalue weighted by atomic mass is 9.83. The molecule has 0 atom stereocenters. The summed E-state index contributed by atoms with van der Waals surface area (Å²) in [6.45, 7) is 15.6. The fourth-order valence-electron chi connectivity index (χ4n) is 5.68. The van der Waals surface area contributed by atoms with Crippen LogP contribution in [-0.2, 0) is 0 Å². The molecule has 2 heterocycles. The lowest BCUT2D eigenvalue weighted by Crippen LogP contribution is -2.19. The first-order valence-corrected chi connectivity index (χ1v) is 13.0. The smallest absolute Gasteiger partial charge is 0.336 e. The summed E-state index contributed by atoms with van der Waals surface area (Å²) in [6.07, 6.45) is 5.47. The van der Waals surface area contributed by atoms with Crippen molar-refractivity contribution in [3.05, 3.63) is 113 Å². The van der Waals surface area contributed by atoms with Crippen LogP contribution in [0.5, 0.6) is 0 Å². The van der Waals surface area contributed by atoms with Gasteiger partial charge in [0, 0.05) is 12.1 Å². The highest BCUT2D eigenvalue weighted by Crippen LogP contribution is 2.43. The number of hydrogen-bond acceptors (Lipinski definition) is 0. The second-order valence-corrected chi connectivity index (χ2v) is 11.5. The van der Waals surface area contributed by atoms with Crippen molar-refractivity contribution < 1.29 is 8.99 Å². The Bertz CT molecular complexity index is 1770. The van der Waals surface area contributed by atoms with E-state index in [1.165, 1.54) is 33.0 Å². The van der Waals surface area contributed by atoms with Gasteiger partial charge in [-0.3, -0.25) is 4.42 Å². The van der Waals surface area contributed by atoms with E-state index in [4.69, 9.17) is 4.42 Å². The zero-order chi connectivity index (χ0) is 25.9. The molecule has 4 aromatic carbocycles. The molecule has 0 N–H and O–H groups in total. The molecule has 2 heteroatoms. The number of allylic oxidation sites excluding steroid dienone is 2. The molecule has 0 radical (unpaired) electrons. The first kappa shape index (κ1) is 23.4. The minimum atomic E-state index is 0.198. The summed E-state index contributed by atoms with van der Waals surface area (Å²) < 4.78 is 8.84. The van der Waals surface area contributed by atoms with E-state index in [2.05, 4.69) is 126 Å². The van der Waals surface area contributed by atoms with Gasteiger partial charge in [-0.05, 0) is 39.4 Å². The molecule has 0 amide bonds. The average molecular weight is 484 g/mol. The molecule has 5 aromatic rings. The van der Waals surface area contributed by atoms with Gasteiger partial charge in [-0.15, -0.1) is 23.3 Å². The molecule has 2 nitrogen and oxygen atoms in total. The summed E-state index contributed by atoms with van der Waals surface area (Å²) in [5.41, 5.74) is 9.27. The number of benzene rings is 4. The standard InChI is InChI=1S/C35H33NO/c1-22-17-18-30-29-16-10-15-28(27-14-9-12-24-11-7-8-13-26(24)27)33(29)37-34(30)32(22)31-19-25(20-35(3,4)5)23(2)21-36(31)6/h7-19,21H,6,20H2,1-5H3. The Morgan fingerprint density at radius 3 is 2.35 bits per heavy atom. The zero-order valence-corrected chi connectivity index (χ0v) is 22.4. The SMILES string of the molecule is C=[N+]1C=C(C)C(CC(C)(C)C)=C[C-]1c1c(C)ccc2c3cccc(-c4cccc5ccccc45)c3[o+][c-]12. The van der Waals surface area contributed by atoms with Crippen molar-refractivity contribution in [2.45, 2.75) is 41.0 Å². The van der Waals surface area contributed by atoms with Crippen molar-refractivity contribution in [3.63, 3.8) is 0 Å². The molecule has 0 fully saturated rings. The average Bonchev–Trinajstić information content (AvgIpc) is 3.24. The number of hydrogen-bond donors (Lipinski definition) is 0. The van der Waals surface area contributed by atoms with Gasteiger partial charge in [-0.2, -0.15) is 0 Å². The highest BCUT2D eigenvalue weighted by molar-refractivity contribution is 6.13. The molecular weight excluding hydrogens is 450 g/mol. The lowest BCUT2D eigenvalue weighted by molar-refractivity contribution is -0.419. The van der Waals surface area contributed by atoms with Crippen molar-refractivity contribution in [3.8, 4) is 11.1 Å². The maximum atomic E-state index is 6.84. The summed E-state index contributed by atoms with van der Waals surface area (Å²) >= 11 is 0. The van der Waals surface area contributed by atoms with Gasteiger partial charge in [0.05, 0.1) is 23.2 Å². The van der Waals surface area contributed by atoms with Crippen molar-refractivity contribution in [2.24, 2.45) is 5.41 Å². The van der Waals surface area contributed by atoms with Crippen LogP contribution in [0, 0.1) is 18.4 Å². The molecule has 184 valence electrons. The topological polar surface area (TPSA) is 14.3 Å². The predicted octanol–water partition coefficient (Wildman–Crippen LogP) is 9.59. The van der Waals surface area contributed by atoms with E-state index in [0.29, 0.717) is 0 Å². The van der Waals surface area contributed by atoms with Gasteiger partial charge in [0.2, 0.25) is 0 Å². The molecule has 0 saturated heterocycles. The number of nitrogens with zero attached hydrogens (tertiary/aromatic N) is 1. The largest absolute Gasteiger partial charge is 0.352 e. The Balaban J connectivity index is 1.59. The van der Waals surface area contributed by atoms with Crippen LogP contribution in [-0.4, -0.2) is 11.3 Å². The predicted molar refractivity (Wildman–Crippen MR) is 157 cm³/mol. The third-order valence-corrected chi connectivity index (χ3v) is 7.41. The molecule has 1 aliphatic rings. The van der Waals surface area contributed by atoms with Gasteiger partial charge in [0.25, 0.3) is 5.58 Å². The van der Waals surface area contributed by atoms with E-state index < -0.39 is 0 Å². The monoisotopic (exact) mass is 483 g/mol. The highest BCUT2D eigenvalue weighted by Gasteiger charge is 2.27. The van der Waals surface area contributed by atoms with E-state index in [1.54, 1.807) is 0 Å². The minimum absolute atomic E-state index is 0.198. The van der Waals surface area contributed by atoms with E-state index in [9.17, 15) is 0 Å². The normalized spacial score (nSPS) is 14.5. The van der Waals surface area contributed by atoms with E-state index in [-0.39, 0.29) is 5.41 Å². The summed E-state index contributed by atoms with van der Waals surface area (Å²) in [6, 6.07) is 27.0. The molecular formula is C35H33NO. The number of fused-ring (bicyclic) bond motifs is 4. The molecule has 0 spiro atoms. The zero-order valence-electron chi connectivity index (χ0n) is 22.4. The van der Waals surface area contributed by atoms with Crippen LogP contribution in [0.4, 0.5) is 0 Å². The van der Waals surface area contributed by atoms with Gasteiger partial charge < -0.3 is 4.58 Å². The van der Waals surface area contributed by atoms with Crippen LogP contribution in [0.1, 0.15) is 45.2 Å². The quantitative estimate of drug-likeness (QED) is 0.142. The number of para-hydroxylation sites is 1. The molecule has 0 saturated carbocycles. The number of aryl methyl sites for hydroxylation is 1. The second kappa shape index (κ2) is 8.52. The van der Waals surface area contributed by atoms with E-state index in [0.717, 1.165) is 45.5 Å². The van der Waals surface area contributed by atoms with Gasteiger partial charge in [0.15, 0.2) is 0 Å². The Labute approximate surface area is 219 Å². The minimum Gasteiger partial charge on any atom is -0.336 e. The van der Waals surface area contributed by atoms with Gasteiger partial charge >= 0.3 is 5.58 Å². The molecule has 37 heavy (non-hydrogen) atoms. The van der Waals surface area contributed by atoms with Crippen LogP contribution >= 0.6 is 0 Å². The van der Waals surface area contributed by atoms with Gasteiger partial charge in [0.1, 0.15) is 0 Å². The maximum Gasteiger partial charge on any atom is 0.352 e. The maximum absolute atomic E-state index is 6.84. The van der Waals surface area contributed by atoms with Crippen molar-refractivity contribution in [1.82, 2.24) is 0 Å². The van der Waals surface area contributed by atoms with Crippen LogP contribution in [0.25, 0.3) is 43.8 Å². The fourth-order valence-corrected chi connectivity index (χ4v) is 5.68. The van der Waals surface area contributed by atoms with E-state index in [1.807, 2.05) is 4.58 Å². The van der Waals surface area contributed by atoms with Crippen LogP contribution in [0.15, 0.2) is 101 Å². The Kier molecular flexibility index (Phi) is 5.38. The molecule has 0 aliphatic carbocycles. The van der Waals surface area contributed by atoms with Crippen molar-refractivity contribution in [2.75, 3.05) is 0 Å². The molecule has 0 bridgehead atoms. The fraction of sp³-hybridized carbons (Fsp3) is 0.200. The molecule has 1 aromatic heterocycles. The first-order chi connectivity index (χ1) is 17.7.